The lowest BCUT2D eigenvalue weighted by molar-refractivity contribution is 0.602. The van der Waals surface area contributed by atoms with Gasteiger partial charge in [-0.15, -0.1) is 11.8 Å². The van der Waals surface area contributed by atoms with Crippen molar-refractivity contribution >= 4 is 37.5 Å². The summed E-state index contributed by atoms with van der Waals surface area (Å²) in [5.41, 5.74) is 7.02. The van der Waals surface area contributed by atoms with E-state index in [1.165, 1.54) is 6.26 Å². The van der Waals surface area contributed by atoms with E-state index >= 15 is 0 Å². The van der Waals surface area contributed by atoms with Crippen molar-refractivity contribution in [1.29, 1.82) is 0 Å². The summed E-state index contributed by atoms with van der Waals surface area (Å²) in [7, 11) is -3.15. The van der Waals surface area contributed by atoms with Crippen molar-refractivity contribution in [1.82, 2.24) is 0 Å². The number of hydrogen-bond donors (Lipinski definition) is 1. The van der Waals surface area contributed by atoms with E-state index in [2.05, 4.69) is 15.9 Å². The Morgan fingerprint density at radius 2 is 1.76 bits per heavy atom. The van der Waals surface area contributed by atoms with Gasteiger partial charge in [0.2, 0.25) is 0 Å². The molecule has 0 saturated carbocycles. The fraction of sp³-hybridized carbons (Fsp3) is 0.200. The smallest absolute Gasteiger partial charge is 0.175 e. The predicted molar refractivity (Wildman–Crippen MR) is 91.3 cm³/mol. The van der Waals surface area contributed by atoms with Crippen LogP contribution < -0.4 is 5.73 Å². The van der Waals surface area contributed by atoms with Gasteiger partial charge in [0, 0.05) is 27.4 Å². The van der Waals surface area contributed by atoms with Crippen LogP contribution in [-0.4, -0.2) is 21.2 Å². The molecule has 0 heterocycles. The molecule has 2 rings (SSSR count). The van der Waals surface area contributed by atoms with Crippen molar-refractivity contribution < 1.29 is 8.42 Å². The number of thioether (sulfide) groups is 1. The molecule has 0 aliphatic rings. The van der Waals surface area contributed by atoms with Gasteiger partial charge in [-0.25, -0.2) is 8.42 Å². The Kier molecular flexibility index (Phi) is 5.48. The van der Waals surface area contributed by atoms with E-state index in [1.807, 2.05) is 36.4 Å². The van der Waals surface area contributed by atoms with E-state index in [1.54, 1.807) is 23.9 Å². The maximum atomic E-state index is 11.5. The SMILES string of the molecule is CS(=O)(=O)c1ccc(SC(CN)c2ccccc2Br)cc1. The summed E-state index contributed by atoms with van der Waals surface area (Å²) >= 11 is 5.17. The molecule has 112 valence electrons. The van der Waals surface area contributed by atoms with Crippen LogP contribution >= 0.6 is 27.7 Å². The summed E-state index contributed by atoms with van der Waals surface area (Å²) in [4.78, 5) is 1.32. The van der Waals surface area contributed by atoms with Crippen LogP contribution in [0.1, 0.15) is 10.8 Å². The average molecular weight is 386 g/mol. The third-order valence-electron chi connectivity index (χ3n) is 3.00. The number of nitrogens with two attached hydrogens (primary N) is 1. The zero-order valence-electron chi connectivity index (χ0n) is 11.5. The first-order valence-corrected chi connectivity index (χ1v) is 9.89. The highest BCUT2D eigenvalue weighted by atomic mass is 79.9. The Morgan fingerprint density at radius 1 is 1.14 bits per heavy atom. The van der Waals surface area contributed by atoms with Gasteiger partial charge >= 0.3 is 0 Å². The molecule has 1 atom stereocenters. The predicted octanol–water partition coefficient (Wildman–Crippen LogP) is 3.64. The van der Waals surface area contributed by atoms with Crippen LogP contribution in [0.15, 0.2) is 62.8 Å². The van der Waals surface area contributed by atoms with E-state index in [4.69, 9.17) is 5.73 Å². The fourth-order valence-corrected chi connectivity index (χ4v) is 4.30. The minimum Gasteiger partial charge on any atom is -0.329 e. The first-order valence-electron chi connectivity index (χ1n) is 6.33. The van der Waals surface area contributed by atoms with Crippen LogP contribution in [0.4, 0.5) is 0 Å². The molecule has 2 aromatic rings. The summed E-state index contributed by atoms with van der Waals surface area (Å²) in [6, 6.07) is 14.9. The monoisotopic (exact) mass is 385 g/mol. The molecular weight excluding hydrogens is 370 g/mol. The van der Waals surface area contributed by atoms with Crippen LogP contribution in [0.3, 0.4) is 0 Å². The number of benzene rings is 2. The van der Waals surface area contributed by atoms with Crippen molar-refractivity contribution in [3.05, 3.63) is 58.6 Å². The Morgan fingerprint density at radius 3 is 2.29 bits per heavy atom. The minimum atomic E-state index is -3.15. The van der Waals surface area contributed by atoms with Crippen molar-refractivity contribution in [2.24, 2.45) is 5.73 Å². The zero-order valence-corrected chi connectivity index (χ0v) is 14.7. The van der Waals surface area contributed by atoms with Gasteiger partial charge in [-0.2, -0.15) is 0 Å². The number of halogens is 1. The first-order chi connectivity index (χ1) is 9.91. The molecule has 0 fully saturated rings. The van der Waals surface area contributed by atoms with Crippen molar-refractivity contribution in [2.75, 3.05) is 12.8 Å². The summed E-state index contributed by atoms with van der Waals surface area (Å²) in [6.07, 6.45) is 1.21. The van der Waals surface area contributed by atoms with Gasteiger partial charge in [0.05, 0.1) is 4.90 Å². The second kappa shape index (κ2) is 6.96. The van der Waals surface area contributed by atoms with E-state index in [0.717, 1.165) is 14.9 Å². The number of hydrogen-bond acceptors (Lipinski definition) is 4. The third kappa shape index (κ3) is 4.32. The van der Waals surface area contributed by atoms with Crippen LogP contribution in [0.2, 0.25) is 0 Å². The normalized spacial score (nSPS) is 13.1. The average Bonchev–Trinajstić information content (AvgIpc) is 2.45. The third-order valence-corrected chi connectivity index (χ3v) is 6.12. The largest absolute Gasteiger partial charge is 0.329 e. The molecule has 0 radical (unpaired) electrons. The Hall–Kier alpha value is -0.820. The lowest BCUT2D eigenvalue weighted by Crippen LogP contribution is -2.09. The van der Waals surface area contributed by atoms with Crippen LogP contribution in [0.25, 0.3) is 0 Å². The Bertz CT molecular complexity index is 715. The molecule has 0 spiro atoms. The minimum absolute atomic E-state index is 0.115. The van der Waals surface area contributed by atoms with Crippen LogP contribution in [0, 0.1) is 0 Å². The first kappa shape index (κ1) is 16.5. The molecule has 3 nitrogen and oxygen atoms in total. The summed E-state index contributed by atoms with van der Waals surface area (Å²) in [5.74, 6) is 0. The van der Waals surface area contributed by atoms with Gasteiger partial charge in [0.25, 0.3) is 0 Å². The molecular formula is C15H16BrNO2S2. The molecule has 0 aromatic heterocycles. The van der Waals surface area contributed by atoms with Gasteiger partial charge in [-0.1, -0.05) is 34.1 Å². The van der Waals surface area contributed by atoms with Gasteiger partial charge in [0.15, 0.2) is 9.84 Å². The van der Waals surface area contributed by atoms with E-state index in [-0.39, 0.29) is 5.25 Å². The summed E-state index contributed by atoms with van der Waals surface area (Å²) in [5, 5.41) is 0.115. The zero-order chi connectivity index (χ0) is 15.5. The lowest BCUT2D eigenvalue weighted by atomic mass is 10.1. The second-order valence-corrected chi connectivity index (χ2v) is 8.75. The molecule has 0 saturated heterocycles. The number of rotatable bonds is 5. The van der Waals surface area contributed by atoms with Gasteiger partial charge in [0.1, 0.15) is 0 Å². The quantitative estimate of drug-likeness (QED) is 0.797. The van der Waals surface area contributed by atoms with Crippen molar-refractivity contribution in [2.45, 2.75) is 15.0 Å². The molecule has 0 aliphatic heterocycles. The highest BCUT2D eigenvalue weighted by molar-refractivity contribution is 9.10. The van der Waals surface area contributed by atoms with E-state index in [0.29, 0.717) is 11.4 Å². The summed E-state index contributed by atoms with van der Waals surface area (Å²) < 4.78 is 23.9. The maximum absolute atomic E-state index is 11.5. The van der Waals surface area contributed by atoms with Crippen LogP contribution in [0.5, 0.6) is 0 Å². The molecule has 0 bridgehead atoms. The highest BCUT2D eigenvalue weighted by Crippen LogP contribution is 2.37. The van der Waals surface area contributed by atoms with Gasteiger partial charge in [-0.3, -0.25) is 0 Å². The second-order valence-electron chi connectivity index (χ2n) is 4.61. The molecule has 0 amide bonds. The standard InChI is InChI=1S/C15H16BrNO2S2/c1-21(18,19)12-8-6-11(7-9-12)20-15(10-17)13-4-2-3-5-14(13)16/h2-9,15H,10,17H2,1H3. The van der Waals surface area contributed by atoms with E-state index in [9.17, 15) is 8.42 Å². The summed E-state index contributed by atoms with van der Waals surface area (Å²) in [6.45, 7) is 0.501. The molecule has 2 N–H and O–H groups in total. The molecule has 1 unspecified atom stereocenters. The van der Waals surface area contributed by atoms with E-state index < -0.39 is 9.84 Å². The molecule has 0 aliphatic carbocycles. The van der Waals surface area contributed by atoms with Crippen LogP contribution in [-0.2, 0) is 9.84 Å². The van der Waals surface area contributed by atoms with Crippen molar-refractivity contribution in [3.8, 4) is 0 Å². The fourth-order valence-electron chi connectivity index (χ4n) is 1.90. The lowest BCUT2D eigenvalue weighted by Gasteiger charge is -2.16. The van der Waals surface area contributed by atoms with Crippen molar-refractivity contribution in [3.63, 3.8) is 0 Å². The molecule has 21 heavy (non-hydrogen) atoms. The molecule has 6 heteroatoms. The maximum Gasteiger partial charge on any atom is 0.175 e. The highest BCUT2D eigenvalue weighted by Gasteiger charge is 2.15. The Labute approximate surface area is 138 Å². The van der Waals surface area contributed by atoms with Gasteiger partial charge in [-0.05, 0) is 35.9 Å². The topological polar surface area (TPSA) is 60.2 Å². The Balaban J connectivity index is 2.22. The number of sulfone groups is 1. The molecule has 2 aromatic carbocycles. The van der Waals surface area contributed by atoms with Gasteiger partial charge < -0.3 is 5.73 Å².